The van der Waals surface area contributed by atoms with E-state index in [9.17, 15) is 4.79 Å². The summed E-state index contributed by atoms with van der Waals surface area (Å²) < 4.78 is 0. The quantitative estimate of drug-likeness (QED) is 0.929. The number of amides is 1. The van der Waals surface area contributed by atoms with Gasteiger partial charge in [0.1, 0.15) is 5.54 Å². The van der Waals surface area contributed by atoms with E-state index in [0.717, 1.165) is 11.3 Å². The predicted octanol–water partition coefficient (Wildman–Crippen LogP) is 2.76. The Balaban J connectivity index is 0.00000220. The molecule has 0 aliphatic heterocycles. The first kappa shape index (κ1) is 20.4. The number of carbonyl (C=O) groups is 1. The molecule has 0 aliphatic carbocycles. The number of benzene rings is 1. The van der Waals surface area contributed by atoms with Crippen LogP contribution >= 0.6 is 24.8 Å². The van der Waals surface area contributed by atoms with Crippen molar-refractivity contribution in [1.82, 2.24) is 9.88 Å². The average molecular weight is 342 g/mol. The molecule has 0 fully saturated rings. The van der Waals surface area contributed by atoms with Crippen molar-refractivity contribution in [2.45, 2.75) is 19.0 Å². The van der Waals surface area contributed by atoms with Gasteiger partial charge >= 0.3 is 0 Å². The zero-order chi connectivity index (χ0) is 14.6. The molecule has 1 aromatic carbocycles. The summed E-state index contributed by atoms with van der Waals surface area (Å²) in [5.74, 6) is -0.130. The van der Waals surface area contributed by atoms with Crippen LogP contribution in [0.2, 0.25) is 0 Å². The Bertz CT molecular complexity index is 576. The number of likely N-dealkylation sites (N-methyl/N-ethyl adjacent to an activating group) is 1. The first-order valence-corrected chi connectivity index (χ1v) is 6.51. The minimum atomic E-state index is -1.04. The summed E-state index contributed by atoms with van der Waals surface area (Å²) in [5, 5.41) is 0. The number of pyridine rings is 1. The van der Waals surface area contributed by atoms with Crippen molar-refractivity contribution >= 4 is 30.7 Å². The summed E-state index contributed by atoms with van der Waals surface area (Å²) in [6.45, 7) is 2.18. The molecule has 2 N–H and O–H groups in total. The lowest BCUT2D eigenvalue weighted by Crippen LogP contribution is -2.49. The third kappa shape index (κ3) is 4.70. The summed E-state index contributed by atoms with van der Waals surface area (Å²) in [7, 11) is 1.74. The lowest BCUT2D eigenvalue weighted by Gasteiger charge is -2.29. The number of carbonyl (C=O) groups excluding carboxylic acids is 1. The lowest BCUT2D eigenvalue weighted by molar-refractivity contribution is -0.136. The zero-order valence-electron chi connectivity index (χ0n) is 12.6. The highest BCUT2D eigenvalue weighted by molar-refractivity contribution is 5.86. The molecular weight excluding hydrogens is 321 g/mol. The second-order valence-corrected chi connectivity index (χ2v) is 5.05. The maximum atomic E-state index is 12.5. The van der Waals surface area contributed by atoms with Crippen LogP contribution in [0.3, 0.4) is 0 Å². The highest BCUT2D eigenvalue weighted by Crippen LogP contribution is 2.20. The topological polar surface area (TPSA) is 59.2 Å². The van der Waals surface area contributed by atoms with Crippen LogP contribution in [0.1, 0.15) is 18.2 Å². The maximum absolute atomic E-state index is 12.5. The van der Waals surface area contributed by atoms with Crippen molar-refractivity contribution in [1.29, 1.82) is 0 Å². The van der Waals surface area contributed by atoms with Crippen molar-refractivity contribution in [3.05, 3.63) is 66.0 Å². The van der Waals surface area contributed by atoms with Crippen LogP contribution in [0.5, 0.6) is 0 Å². The van der Waals surface area contributed by atoms with E-state index >= 15 is 0 Å². The highest BCUT2D eigenvalue weighted by Gasteiger charge is 2.32. The Morgan fingerprint density at radius 1 is 1.14 bits per heavy atom. The molecule has 1 heterocycles. The molecule has 1 amide bonds. The third-order valence-electron chi connectivity index (χ3n) is 3.29. The van der Waals surface area contributed by atoms with Gasteiger partial charge in [-0.2, -0.15) is 0 Å². The fraction of sp³-hybridized carbons (Fsp3) is 0.250. The second kappa shape index (κ2) is 8.73. The second-order valence-electron chi connectivity index (χ2n) is 5.05. The Hall–Kier alpha value is -1.62. The molecule has 4 nitrogen and oxygen atoms in total. The zero-order valence-corrected chi connectivity index (χ0v) is 14.2. The van der Waals surface area contributed by atoms with Crippen LogP contribution in [-0.4, -0.2) is 22.8 Å². The molecule has 0 aliphatic rings. The Kier molecular flexibility index (Phi) is 8.09. The van der Waals surface area contributed by atoms with Gasteiger partial charge in [-0.25, -0.2) is 0 Å². The van der Waals surface area contributed by atoms with E-state index in [1.165, 1.54) is 0 Å². The average Bonchev–Trinajstić information content (AvgIpc) is 2.48. The fourth-order valence-corrected chi connectivity index (χ4v) is 2.11. The van der Waals surface area contributed by atoms with Gasteiger partial charge < -0.3 is 10.6 Å². The molecule has 0 radical (unpaired) electrons. The molecule has 0 saturated heterocycles. The smallest absolute Gasteiger partial charge is 0.247 e. The van der Waals surface area contributed by atoms with E-state index in [1.807, 2.05) is 48.5 Å². The number of hydrogen-bond donors (Lipinski definition) is 1. The summed E-state index contributed by atoms with van der Waals surface area (Å²) in [6, 6.07) is 15.0. The van der Waals surface area contributed by atoms with Gasteiger partial charge in [0.2, 0.25) is 5.91 Å². The van der Waals surface area contributed by atoms with Crippen LogP contribution < -0.4 is 5.73 Å². The van der Waals surface area contributed by atoms with Crippen LogP contribution in [0.15, 0.2) is 54.7 Å². The minimum absolute atomic E-state index is 0. The van der Waals surface area contributed by atoms with E-state index in [0.29, 0.717) is 6.54 Å². The predicted molar refractivity (Wildman–Crippen MR) is 93.2 cm³/mol. The number of hydrogen-bond acceptors (Lipinski definition) is 3. The Morgan fingerprint density at radius 2 is 1.73 bits per heavy atom. The highest BCUT2D eigenvalue weighted by atomic mass is 35.5. The monoisotopic (exact) mass is 341 g/mol. The van der Waals surface area contributed by atoms with E-state index in [-0.39, 0.29) is 30.7 Å². The molecule has 2 aromatic rings. The molecule has 120 valence electrons. The molecule has 1 atom stereocenters. The first-order valence-electron chi connectivity index (χ1n) is 6.51. The molecule has 6 heteroatoms. The first-order chi connectivity index (χ1) is 9.51. The molecule has 22 heavy (non-hydrogen) atoms. The van der Waals surface area contributed by atoms with Gasteiger partial charge in [-0.05, 0) is 24.6 Å². The molecular formula is C16H21Cl2N3O. The SMILES string of the molecule is CN(Cc1ccccn1)C(=O)C(C)(N)c1ccccc1.Cl.Cl. The number of nitrogens with two attached hydrogens (primary N) is 1. The number of nitrogens with zero attached hydrogens (tertiary/aromatic N) is 2. The van der Waals surface area contributed by atoms with Gasteiger partial charge in [0, 0.05) is 13.2 Å². The van der Waals surface area contributed by atoms with Crippen LogP contribution in [-0.2, 0) is 16.9 Å². The largest absolute Gasteiger partial charge is 0.338 e. The summed E-state index contributed by atoms with van der Waals surface area (Å²) in [5.41, 5.74) is 6.83. The Morgan fingerprint density at radius 3 is 2.27 bits per heavy atom. The molecule has 2 rings (SSSR count). The lowest BCUT2D eigenvalue weighted by atomic mass is 9.92. The molecule has 1 aromatic heterocycles. The summed E-state index contributed by atoms with van der Waals surface area (Å²) >= 11 is 0. The third-order valence-corrected chi connectivity index (χ3v) is 3.29. The van der Waals surface area contributed by atoms with Crippen LogP contribution in [0.4, 0.5) is 0 Å². The van der Waals surface area contributed by atoms with Crippen molar-refractivity contribution < 1.29 is 4.79 Å². The van der Waals surface area contributed by atoms with Crippen molar-refractivity contribution in [3.63, 3.8) is 0 Å². The van der Waals surface area contributed by atoms with Gasteiger partial charge in [0.25, 0.3) is 0 Å². The van der Waals surface area contributed by atoms with E-state index < -0.39 is 5.54 Å². The van der Waals surface area contributed by atoms with Gasteiger partial charge in [0.05, 0.1) is 12.2 Å². The summed E-state index contributed by atoms with van der Waals surface area (Å²) in [4.78, 5) is 18.4. The van der Waals surface area contributed by atoms with E-state index in [2.05, 4.69) is 4.98 Å². The number of rotatable bonds is 4. The van der Waals surface area contributed by atoms with Crippen molar-refractivity contribution in [2.75, 3.05) is 7.05 Å². The van der Waals surface area contributed by atoms with E-state index in [4.69, 9.17) is 5.73 Å². The van der Waals surface area contributed by atoms with Gasteiger partial charge in [-0.3, -0.25) is 9.78 Å². The molecule has 0 saturated carbocycles. The number of aromatic nitrogens is 1. The minimum Gasteiger partial charge on any atom is -0.338 e. The van der Waals surface area contributed by atoms with E-state index in [1.54, 1.807) is 25.1 Å². The van der Waals surface area contributed by atoms with Gasteiger partial charge in [-0.1, -0.05) is 36.4 Å². The molecule has 0 bridgehead atoms. The van der Waals surface area contributed by atoms with Crippen molar-refractivity contribution in [2.24, 2.45) is 5.73 Å². The Labute approximate surface area is 143 Å². The fourth-order valence-electron chi connectivity index (χ4n) is 2.11. The van der Waals surface area contributed by atoms with Crippen LogP contribution in [0.25, 0.3) is 0 Å². The number of halogens is 2. The summed E-state index contributed by atoms with van der Waals surface area (Å²) in [6.07, 6.45) is 1.71. The standard InChI is InChI=1S/C16H19N3O.2ClH/c1-16(17,13-8-4-3-5-9-13)15(20)19(2)12-14-10-6-7-11-18-14;;/h3-11H,12,17H2,1-2H3;2*1H. The van der Waals surface area contributed by atoms with Gasteiger partial charge in [0.15, 0.2) is 0 Å². The van der Waals surface area contributed by atoms with Crippen molar-refractivity contribution in [3.8, 4) is 0 Å². The normalized spacial score (nSPS) is 12.3. The molecule has 1 unspecified atom stereocenters. The molecule has 0 spiro atoms. The maximum Gasteiger partial charge on any atom is 0.247 e. The van der Waals surface area contributed by atoms with Gasteiger partial charge in [-0.15, -0.1) is 24.8 Å². The van der Waals surface area contributed by atoms with Crippen LogP contribution in [0, 0.1) is 0 Å².